The maximum absolute atomic E-state index is 13.2. The number of aromatic carboxylic acids is 1. The van der Waals surface area contributed by atoms with E-state index in [0.717, 1.165) is 35.1 Å². The van der Waals surface area contributed by atoms with Crippen LogP contribution in [0.4, 0.5) is 13.2 Å². The summed E-state index contributed by atoms with van der Waals surface area (Å²) >= 11 is 6.00. The van der Waals surface area contributed by atoms with Crippen molar-refractivity contribution >= 4 is 34.5 Å². The van der Waals surface area contributed by atoms with Crippen LogP contribution in [0.1, 0.15) is 32.1 Å². The largest absolute Gasteiger partial charge is 0.478 e. The molecule has 0 saturated carbocycles. The number of alkyl halides is 3. The van der Waals surface area contributed by atoms with Crippen molar-refractivity contribution in [2.75, 3.05) is 26.2 Å². The molecule has 0 bridgehead atoms. The Balaban J connectivity index is 1.21. The third kappa shape index (κ3) is 5.75. The Labute approximate surface area is 232 Å². The summed E-state index contributed by atoms with van der Waals surface area (Å²) in [6.07, 6.45) is -4.52. The monoisotopic (exact) mass is 572 g/mol. The highest BCUT2D eigenvalue weighted by atomic mass is 35.5. The van der Waals surface area contributed by atoms with Gasteiger partial charge in [-0.2, -0.15) is 13.2 Å². The fourth-order valence-electron chi connectivity index (χ4n) is 4.59. The van der Waals surface area contributed by atoms with Crippen LogP contribution in [0.5, 0.6) is 11.5 Å². The number of imidazole rings is 1. The maximum atomic E-state index is 13.2. The standard InChI is InChI=1S/C28H24ClF3N4O4/c1-34-23-14-18(27(38)39)5-7-22(23)33-25(34)16-35-9-11-36(12-10-35)26(37)17-3-2-4-20(13-17)40-24-8-6-19(15-21(24)29)28(30,31)32/h2-8,13-15H,9-12,16H2,1H3,(H,38,39). The van der Waals surface area contributed by atoms with Gasteiger partial charge in [-0.05, 0) is 54.6 Å². The van der Waals surface area contributed by atoms with Crippen LogP contribution in [0.15, 0.2) is 60.7 Å². The normalized spacial score (nSPS) is 14.5. The van der Waals surface area contributed by atoms with Crippen molar-refractivity contribution in [3.05, 3.63) is 88.2 Å². The van der Waals surface area contributed by atoms with Crippen molar-refractivity contribution in [2.45, 2.75) is 12.7 Å². The number of carboxylic acid groups (broad SMARTS) is 1. The van der Waals surface area contributed by atoms with E-state index < -0.39 is 17.7 Å². The molecule has 1 aliphatic heterocycles. The average molecular weight is 573 g/mol. The number of hydrogen-bond acceptors (Lipinski definition) is 5. The summed E-state index contributed by atoms with van der Waals surface area (Å²) in [4.78, 5) is 33.0. The van der Waals surface area contributed by atoms with E-state index in [1.165, 1.54) is 12.1 Å². The Morgan fingerprint density at radius 2 is 1.75 bits per heavy atom. The van der Waals surface area contributed by atoms with Crippen LogP contribution in [0.2, 0.25) is 5.02 Å². The van der Waals surface area contributed by atoms with Crippen molar-refractivity contribution in [2.24, 2.45) is 7.05 Å². The molecule has 208 valence electrons. The van der Waals surface area contributed by atoms with Gasteiger partial charge in [0.25, 0.3) is 5.91 Å². The number of benzene rings is 3. The Bertz CT molecular complexity index is 1600. The molecule has 8 nitrogen and oxygen atoms in total. The van der Waals surface area contributed by atoms with E-state index in [-0.39, 0.29) is 28.0 Å². The van der Waals surface area contributed by atoms with E-state index in [1.807, 2.05) is 11.6 Å². The molecule has 1 N–H and O–H groups in total. The van der Waals surface area contributed by atoms with Crippen LogP contribution < -0.4 is 4.74 Å². The van der Waals surface area contributed by atoms with E-state index in [0.29, 0.717) is 38.3 Å². The molecule has 1 saturated heterocycles. The molecular formula is C28H24ClF3N4O4. The number of fused-ring (bicyclic) bond motifs is 1. The van der Waals surface area contributed by atoms with Gasteiger partial charge < -0.3 is 19.3 Å². The van der Waals surface area contributed by atoms with Crippen LogP contribution in [0.25, 0.3) is 11.0 Å². The van der Waals surface area contributed by atoms with Gasteiger partial charge in [-0.25, -0.2) is 9.78 Å². The predicted molar refractivity (Wildman–Crippen MR) is 142 cm³/mol. The molecule has 0 aliphatic carbocycles. The number of aryl methyl sites for hydroxylation is 1. The summed E-state index contributed by atoms with van der Waals surface area (Å²) in [7, 11) is 1.85. The van der Waals surface area contributed by atoms with Gasteiger partial charge in [-0.3, -0.25) is 9.69 Å². The molecule has 3 aromatic carbocycles. The molecule has 4 aromatic rings. The molecule has 0 spiro atoms. The fraction of sp³-hybridized carbons (Fsp3) is 0.250. The van der Waals surface area contributed by atoms with E-state index in [4.69, 9.17) is 16.3 Å². The lowest BCUT2D eigenvalue weighted by Gasteiger charge is -2.34. The molecule has 0 atom stereocenters. The highest BCUT2D eigenvalue weighted by molar-refractivity contribution is 6.32. The molecule has 5 rings (SSSR count). The lowest BCUT2D eigenvalue weighted by molar-refractivity contribution is -0.137. The SMILES string of the molecule is Cn1c(CN2CCN(C(=O)c3cccc(Oc4ccc(C(F)(F)F)cc4Cl)c3)CC2)nc2ccc(C(=O)O)cc21. The zero-order chi connectivity index (χ0) is 28.6. The molecule has 1 aromatic heterocycles. The number of nitrogens with zero attached hydrogens (tertiary/aromatic N) is 4. The number of carboxylic acids is 1. The van der Waals surface area contributed by atoms with Crippen molar-refractivity contribution in [3.8, 4) is 11.5 Å². The van der Waals surface area contributed by atoms with Crippen molar-refractivity contribution in [1.29, 1.82) is 0 Å². The number of hydrogen-bond donors (Lipinski definition) is 1. The van der Waals surface area contributed by atoms with Crippen molar-refractivity contribution in [1.82, 2.24) is 19.4 Å². The number of ether oxygens (including phenoxy) is 1. The van der Waals surface area contributed by atoms with Crippen LogP contribution >= 0.6 is 11.6 Å². The lowest BCUT2D eigenvalue weighted by Crippen LogP contribution is -2.48. The summed E-state index contributed by atoms with van der Waals surface area (Å²) in [5, 5.41) is 9.08. The van der Waals surface area contributed by atoms with E-state index in [2.05, 4.69) is 9.88 Å². The molecule has 40 heavy (non-hydrogen) atoms. The number of carbonyl (C=O) groups is 2. The highest BCUT2D eigenvalue weighted by Gasteiger charge is 2.31. The molecule has 1 amide bonds. The third-order valence-corrected chi connectivity index (χ3v) is 7.11. The summed E-state index contributed by atoms with van der Waals surface area (Å²) < 4.78 is 46.3. The number of aromatic nitrogens is 2. The molecule has 1 fully saturated rings. The van der Waals surface area contributed by atoms with Crippen LogP contribution in [-0.2, 0) is 19.8 Å². The van der Waals surface area contributed by atoms with Gasteiger partial charge >= 0.3 is 12.1 Å². The zero-order valence-corrected chi connectivity index (χ0v) is 22.0. The van der Waals surface area contributed by atoms with Crippen LogP contribution in [0, 0.1) is 0 Å². The summed E-state index contributed by atoms with van der Waals surface area (Å²) in [5.41, 5.74) is 1.17. The Hall–Kier alpha value is -4.09. The number of rotatable bonds is 6. The number of halogens is 4. The summed E-state index contributed by atoms with van der Waals surface area (Å²) in [5.74, 6) is -0.0596. The first-order valence-corrected chi connectivity index (χ1v) is 12.7. The third-order valence-electron chi connectivity index (χ3n) is 6.81. The minimum atomic E-state index is -4.52. The lowest BCUT2D eigenvalue weighted by atomic mass is 10.1. The minimum Gasteiger partial charge on any atom is -0.478 e. The van der Waals surface area contributed by atoms with Gasteiger partial charge in [0.1, 0.15) is 17.3 Å². The van der Waals surface area contributed by atoms with Crippen LogP contribution in [0.3, 0.4) is 0 Å². The number of amides is 1. The predicted octanol–water partition coefficient (Wildman–Crippen LogP) is 5.69. The minimum absolute atomic E-state index is 0.0500. The number of carbonyl (C=O) groups excluding carboxylic acids is 1. The molecule has 0 unspecified atom stereocenters. The van der Waals surface area contributed by atoms with Crippen LogP contribution in [-0.4, -0.2) is 62.5 Å². The Kier molecular flexibility index (Phi) is 7.43. The van der Waals surface area contributed by atoms with Crippen molar-refractivity contribution < 1.29 is 32.6 Å². The second-order valence-corrected chi connectivity index (χ2v) is 9.84. The fourth-order valence-corrected chi connectivity index (χ4v) is 4.80. The first-order valence-electron chi connectivity index (χ1n) is 12.3. The second kappa shape index (κ2) is 10.8. The van der Waals surface area contributed by atoms with Gasteiger partial charge in [-0.15, -0.1) is 0 Å². The topological polar surface area (TPSA) is 87.9 Å². The summed E-state index contributed by atoms with van der Waals surface area (Å²) in [6.45, 7) is 2.76. The molecule has 0 radical (unpaired) electrons. The van der Waals surface area contributed by atoms with Gasteiger partial charge in [0.15, 0.2) is 0 Å². The first-order chi connectivity index (χ1) is 19.0. The van der Waals surface area contributed by atoms with Gasteiger partial charge in [0, 0.05) is 38.8 Å². The molecule has 1 aliphatic rings. The maximum Gasteiger partial charge on any atom is 0.416 e. The van der Waals surface area contributed by atoms with Gasteiger partial charge in [0.2, 0.25) is 0 Å². The first kappa shape index (κ1) is 27.5. The average Bonchev–Trinajstić information content (AvgIpc) is 3.23. The van der Waals surface area contributed by atoms with Gasteiger partial charge in [-0.1, -0.05) is 17.7 Å². The molecule has 12 heteroatoms. The molecule has 2 heterocycles. The van der Waals surface area contributed by atoms with Gasteiger partial charge in [0.05, 0.1) is 33.7 Å². The smallest absolute Gasteiger partial charge is 0.416 e. The van der Waals surface area contributed by atoms with Crippen molar-refractivity contribution in [3.63, 3.8) is 0 Å². The quantitative estimate of drug-likeness (QED) is 0.319. The van der Waals surface area contributed by atoms with E-state index >= 15 is 0 Å². The second-order valence-electron chi connectivity index (χ2n) is 9.44. The Morgan fingerprint density at radius 3 is 2.42 bits per heavy atom. The Morgan fingerprint density at radius 1 is 1.00 bits per heavy atom. The number of piperazine rings is 1. The van der Waals surface area contributed by atoms with E-state index in [9.17, 15) is 27.9 Å². The molecular weight excluding hydrogens is 549 g/mol. The zero-order valence-electron chi connectivity index (χ0n) is 21.3. The highest BCUT2D eigenvalue weighted by Crippen LogP contribution is 2.36. The summed E-state index contributed by atoms with van der Waals surface area (Å²) in [6, 6.07) is 14.1. The van der Waals surface area contributed by atoms with E-state index in [1.54, 1.807) is 35.2 Å².